The second kappa shape index (κ2) is 4.87. The number of rotatable bonds is 5. The van der Waals surface area contributed by atoms with Crippen molar-refractivity contribution in [3.8, 4) is 0 Å². The molecule has 0 fully saturated rings. The maximum atomic E-state index is 8.73. The summed E-state index contributed by atoms with van der Waals surface area (Å²) >= 11 is 5.30. The monoisotopic (exact) mass is 169 g/mol. The molecule has 0 radical (unpaired) electrons. The third-order valence-electron chi connectivity index (χ3n) is 1.07. The molecule has 5 heteroatoms. The van der Waals surface area contributed by atoms with Crippen LogP contribution in [0.5, 0.6) is 0 Å². The summed E-state index contributed by atoms with van der Waals surface area (Å²) in [6, 6.07) is 0. The van der Waals surface area contributed by atoms with Gasteiger partial charge >= 0.3 is 0 Å². The molecule has 10 heavy (non-hydrogen) atoms. The van der Waals surface area contributed by atoms with Gasteiger partial charge in [-0.25, -0.2) is 14.6 Å². The Morgan fingerprint density at radius 1 is 1.70 bits per heavy atom. The lowest BCUT2D eigenvalue weighted by atomic mass is 10.1. The highest BCUT2D eigenvalue weighted by atomic mass is 35.5. The fourth-order valence-corrected chi connectivity index (χ4v) is 0.406. The molecular weight excluding hydrogens is 158 g/mol. The predicted octanol–water partition coefficient (Wildman–Crippen LogP) is 0.0588. The van der Waals surface area contributed by atoms with Crippen molar-refractivity contribution in [3.05, 3.63) is 0 Å². The lowest BCUT2D eigenvalue weighted by Gasteiger charge is -2.23. The van der Waals surface area contributed by atoms with Crippen LogP contribution in [0.4, 0.5) is 0 Å². The summed E-state index contributed by atoms with van der Waals surface area (Å²) in [6.45, 7) is 1.79. The van der Waals surface area contributed by atoms with Gasteiger partial charge in [0.2, 0.25) is 0 Å². The van der Waals surface area contributed by atoms with E-state index in [4.69, 9.17) is 16.9 Å². The minimum Gasteiger partial charge on any atom is -0.394 e. The van der Waals surface area contributed by atoms with Crippen molar-refractivity contribution < 1.29 is 14.9 Å². The molecule has 0 rings (SSSR count). The van der Waals surface area contributed by atoms with Crippen molar-refractivity contribution in [3.63, 3.8) is 0 Å². The van der Waals surface area contributed by atoms with Crippen LogP contribution in [-0.4, -0.2) is 31.0 Å². The van der Waals surface area contributed by atoms with E-state index in [1.807, 2.05) is 0 Å². The van der Waals surface area contributed by atoms with Crippen LogP contribution in [0.3, 0.4) is 0 Å². The Balaban J connectivity index is 3.58. The van der Waals surface area contributed by atoms with Gasteiger partial charge in [0.15, 0.2) is 0 Å². The molecule has 0 aromatic carbocycles. The van der Waals surface area contributed by atoms with E-state index in [-0.39, 0.29) is 13.2 Å². The predicted molar refractivity (Wildman–Crippen MR) is 37.4 cm³/mol. The van der Waals surface area contributed by atoms with E-state index in [2.05, 4.69) is 14.6 Å². The quantitative estimate of drug-likeness (QED) is 0.347. The summed E-state index contributed by atoms with van der Waals surface area (Å²) in [4.78, 5) is 11.3. The lowest BCUT2D eigenvalue weighted by molar-refractivity contribution is -0.283. The Morgan fingerprint density at radius 2 is 2.30 bits per heavy atom. The van der Waals surface area contributed by atoms with Crippen molar-refractivity contribution in [2.45, 2.75) is 12.5 Å². The van der Waals surface area contributed by atoms with Gasteiger partial charge in [-0.05, 0) is 18.7 Å². The molecule has 0 aliphatic carbocycles. The Kier molecular flexibility index (Phi) is 4.93. The SMILES string of the molecule is COOCC(C)(CO)NCl. The van der Waals surface area contributed by atoms with Gasteiger partial charge in [0, 0.05) is 0 Å². The topological polar surface area (TPSA) is 50.7 Å². The number of hydrogen-bond acceptors (Lipinski definition) is 4. The first-order chi connectivity index (χ1) is 4.68. The number of aliphatic hydroxyl groups excluding tert-OH is 1. The average Bonchev–Trinajstić information content (AvgIpc) is 2.00. The Hall–Kier alpha value is 0.130. The molecule has 0 spiro atoms. The second-order valence-electron chi connectivity index (χ2n) is 2.24. The molecule has 0 saturated heterocycles. The third-order valence-corrected chi connectivity index (χ3v) is 1.53. The fourth-order valence-electron chi connectivity index (χ4n) is 0.292. The molecule has 0 saturated carbocycles. The second-order valence-corrected chi connectivity index (χ2v) is 2.43. The molecule has 0 aliphatic rings. The normalized spacial score (nSPS) is 16.8. The van der Waals surface area contributed by atoms with Crippen LogP contribution < -0.4 is 4.84 Å². The smallest absolute Gasteiger partial charge is 0.104 e. The zero-order chi connectivity index (χ0) is 8.04. The molecule has 1 atom stereocenters. The van der Waals surface area contributed by atoms with Gasteiger partial charge in [0.25, 0.3) is 0 Å². The van der Waals surface area contributed by atoms with Crippen molar-refractivity contribution in [1.82, 2.24) is 4.84 Å². The van der Waals surface area contributed by atoms with Gasteiger partial charge in [-0.1, -0.05) is 0 Å². The fraction of sp³-hybridized carbons (Fsp3) is 1.00. The van der Waals surface area contributed by atoms with Crippen LogP contribution in [0.15, 0.2) is 0 Å². The molecule has 1 unspecified atom stereocenters. The lowest BCUT2D eigenvalue weighted by Crippen LogP contribution is -2.44. The van der Waals surface area contributed by atoms with E-state index in [0.29, 0.717) is 0 Å². The van der Waals surface area contributed by atoms with E-state index in [0.717, 1.165) is 0 Å². The van der Waals surface area contributed by atoms with Crippen LogP contribution in [-0.2, 0) is 9.78 Å². The first-order valence-corrected chi connectivity index (χ1v) is 3.20. The minimum atomic E-state index is -0.641. The van der Waals surface area contributed by atoms with Gasteiger partial charge in [0.1, 0.15) is 6.61 Å². The summed E-state index contributed by atoms with van der Waals surface area (Å²) in [5.74, 6) is 0. The molecular formula is C5H12ClNO3. The standard InChI is InChI=1S/C5H12ClNO3/c1-5(3-8,7-6)4-10-9-2/h7-8H,3-4H2,1-2H3. The number of nitrogens with one attached hydrogen (secondary N) is 1. The summed E-state index contributed by atoms with van der Waals surface area (Å²) in [5.41, 5.74) is -0.641. The van der Waals surface area contributed by atoms with Gasteiger partial charge < -0.3 is 5.11 Å². The summed E-state index contributed by atoms with van der Waals surface area (Å²) < 4.78 is 0. The Labute approximate surface area is 65.1 Å². The van der Waals surface area contributed by atoms with Crippen molar-refractivity contribution in [2.75, 3.05) is 20.3 Å². The van der Waals surface area contributed by atoms with Gasteiger partial charge in [-0.2, -0.15) is 0 Å². The van der Waals surface area contributed by atoms with Gasteiger partial charge in [-0.3, -0.25) is 0 Å². The van der Waals surface area contributed by atoms with E-state index in [1.54, 1.807) is 6.92 Å². The van der Waals surface area contributed by atoms with Crippen LogP contribution in [0.25, 0.3) is 0 Å². The molecule has 2 N–H and O–H groups in total. The third kappa shape index (κ3) is 3.34. The van der Waals surface area contributed by atoms with Crippen molar-refractivity contribution >= 4 is 11.8 Å². The van der Waals surface area contributed by atoms with E-state index in [9.17, 15) is 0 Å². The van der Waals surface area contributed by atoms with Crippen LogP contribution in [0.1, 0.15) is 6.92 Å². The molecule has 0 aromatic heterocycles. The highest BCUT2D eigenvalue weighted by Crippen LogP contribution is 2.03. The summed E-state index contributed by atoms with van der Waals surface area (Å²) in [6.07, 6.45) is 0. The van der Waals surface area contributed by atoms with E-state index in [1.165, 1.54) is 7.11 Å². The zero-order valence-electron chi connectivity index (χ0n) is 6.06. The Bertz CT molecular complexity index is 87.0. The maximum Gasteiger partial charge on any atom is 0.104 e. The van der Waals surface area contributed by atoms with Crippen LogP contribution >= 0.6 is 11.8 Å². The first-order valence-electron chi connectivity index (χ1n) is 2.83. The molecule has 4 nitrogen and oxygen atoms in total. The molecule has 0 aromatic rings. The van der Waals surface area contributed by atoms with Crippen molar-refractivity contribution in [2.24, 2.45) is 0 Å². The minimum absolute atomic E-state index is 0.111. The highest BCUT2D eigenvalue weighted by molar-refractivity contribution is 6.13. The highest BCUT2D eigenvalue weighted by Gasteiger charge is 2.22. The molecule has 0 amide bonds. The van der Waals surface area contributed by atoms with Crippen LogP contribution in [0.2, 0.25) is 0 Å². The molecule has 0 heterocycles. The number of hydrogen-bond donors (Lipinski definition) is 2. The summed E-state index contributed by atoms with van der Waals surface area (Å²) in [7, 11) is 1.39. The number of halogens is 1. The molecule has 0 aliphatic heterocycles. The number of aliphatic hydroxyl groups is 1. The molecule has 0 bridgehead atoms. The zero-order valence-corrected chi connectivity index (χ0v) is 6.81. The van der Waals surface area contributed by atoms with Crippen LogP contribution in [0, 0.1) is 0 Å². The van der Waals surface area contributed by atoms with E-state index < -0.39 is 5.54 Å². The largest absolute Gasteiger partial charge is 0.394 e. The average molecular weight is 170 g/mol. The first kappa shape index (κ1) is 10.1. The molecule has 62 valence electrons. The summed E-state index contributed by atoms with van der Waals surface area (Å²) in [5, 5.41) is 8.73. The van der Waals surface area contributed by atoms with Gasteiger partial charge in [-0.15, -0.1) is 0 Å². The maximum absolute atomic E-state index is 8.73. The van der Waals surface area contributed by atoms with Gasteiger partial charge in [0.05, 0.1) is 19.3 Å². The van der Waals surface area contributed by atoms with Crippen molar-refractivity contribution in [1.29, 1.82) is 0 Å². The van der Waals surface area contributed by atoms with E-state index >= 15 is 0 Å². The Morgan fingerprint density at radius 3 is 2.60 bits per heavy atom.